The molecule has 2 bridgehead atoms. The van der Waals surface area contributed by atoms with Crippen molar-refractivity contribution in [2.75, 3.05) is 0 Å². The number of ether oxygens (including phenoxy) is 1. The SMILES string of the molecule is C[C@]12CC[C@](C)(O1)c1c2c(O)n(-c2ccnc3c(C(F)(F)F)cccc23)c1O. The minimum absolute atomic E-state index is 0.181. The zero-order valence-corrected chi connectivity index (χ0v) is 15.1. The Morgan fingerprint density at radius 3 is 2.21 bits per heavy atom. The summed E-state index contributed by atoms with van der Waals surface area (Å²) in [5.41, 5.74) is -1.36. The van der Waals surface area contributed by atoms with Crippen molar-refractivity contribution >= 4 is 10.9 Å². The highest BCUT2D eigenvalue weighted by atomic mass is 19.4. The van der Waals surface area contributed by atoms with E-state index in [4.69, 9.17) is 4.74 Å². The maximum Gasteiger partial charge on any atom is 0.418 e. The highest BCUT2D eigenvalue weighted by Gasteiger charge is 2.59. The topological polar surface area (TPSA) is 67.5 Å². The van der Waals surface area contributed by atoms with E-state index in [1.807, 2.05) is 13.8 Å². The molecule has 0 radical (unpaired) electrons. The van der Waals surface area contributed by atoms with Gasteiger partial charge in [-0.05, 0) is 38.8 Å². The summed E-state index contributed by atoms with van der Waals surface area (Å²) < 4.78 is 47.4. The summed E-state index contributed by atoms with van der Waals surface area (Å²) in [7, 11) is 0. The van der Waals surface area contributed by atoms with Crippen LogP contribution in [-0.4, -0.2) is 19.8 Å². The predicted molar refractivity (Wildman–Crippen MR) is 94.4 cm³/mol. The van der Waals surface area contributed by atoms with E-state index in [0.29, 0.717) is 24.0 Å². The van der Waals surface area contributed by atoms with Gasteiger partial charge in [0.1, 0.15) is 0 Å². The molecule has 0 spiro atoms. The number of benzene rings is 1. The number of hydrogen-bond acceptors (Lipinski definition) is 4. The van der Waals surface area contributed by atoms with Gasteiger partial charge in [0.05, 0.1) is 39.1 Å². The van der Waals surface area contributed by atoms with E-state index in [2.05, 4.69) is 4.98 Å². The number of pyridine rings is 1. The summed E-state index contributed by atoms with van der Waals surface area (Å²) in [6.07, 6.45) is -1.96. The fourth-order valence-corrected chi connectivity index (χ4v) is 4.79. The Kier molecular flexibility index (Phi) is 3.10. The van der Waals surface area contributed by atoms with Gasteiger partial charge in [-0.2, -0.15) is 13.2 Å². The monoisotopic (exact) mass is 390 g/mol. The molecule has 0 amide bonds. The van der Waals surface area contributed by atoms with Crippen molar-refractivity contribution in [2.45, 2.75) is 44.1 Å². The summed E-state index contributed by atoms with van der Waals surface area (Å²) >= 11 is 0. The highest BCUT2D eigenvalue weighted by molar-refractivity contribution is 5.90. The van der Waals surface area contributed by atoms with Crippen LogP contribution in [0.15, 0.2) is 30.5 Å². The number of hydrogen-bond donors (Lipinski definition) is 2. The van der Waals surface area contributed by atoms with E-state index in [1.54, 1.807) is 0 Å². The molecule has 1 aromatic carbocycles. The number of halogens is 3. The third-order valence-electron chi connectivity index (χ3n) is 6.00. The second-order valence-electron chi connectivity index (χ2n) is 7.83. The van der Waals surface area contributed by atoms with Gasteiger partial charge in [0.25, 0.3) is 0 Å². The third kappa shape index (κ3) is 1.98. The number of rotatable bonds is 1. The van der Waals surface area contributed by atoms with Crippen LogP contribution in [0, 0.1) is 0 Å². The van der Waals surface area contributed by atoms with Crippen LogP contribution in [-0.2, 0) is 22.1 Å². The molecule has 2 aromatic heterocycles. The summed E-state index contributed by atoms with van der Waals surface area (Å²) in [6.45, 7) is 3.69. The number of nitrogens with zero attached hydrogens (tertiary/aromatic N) is 2. The Morgan fingerprint density at radius 2 is 1.64 bits per heavy atom. The Balaban J connectivity index is 1.83. The minimum atomic E-state index is -4.57. The molecular weight excluding hydrogens is 373 g/mol. The minimum Gasteiger partial charge on any atom is -0.494 e. The molecule has 2 atom stereocenters. The Morgan fingerprint density at radius 1 is 1.04 bits per heavy atom. The maximum atomic E-state index is 13.4. The van der Waals surface area contributed by atoms with E-state index in [-0.39, 0.29) is 28.4 Å². The first-order valence-corrected chi connectivity index (χ1v) is 8.90. The van der Waals surface area contributed by atoms with Crippen molar-refractivity contribution in [1.82, 2.24) is 9.55 Å². The van der Waals surface area contributed by atoms with Gasteiger partial charge in [0.15, 0.2) is 0 Å². The van der Waals surface area contributed by atoms with Crippen LogP contribution in [0.25, 0.3) is 16.6 Å². The summed E-state index contributed by atoms with van der Waals surface area (Å²) in [5, 5.41) is 22.1. The molecular formula is C20H17F3N2O3. The van der Waals surface area contributed by atoms with Gasteiger partial charge in [-0.1, -0.05) is 12.1 Å². The van der Waals surface area contributed by atoms with Gasteiger partial charge in [0.2, 0.25) is 11.8 Å². The number of aromatic nitrogens is 2. The maximum absolute atomic E-state index is 13.4. The molecule has 4 heterocycles. The smallest absolute Gasteiger partial charge is 0.418 e. The first kappa shape index (κ1) is 17.4. The Hall–Kier alpha value is -2.74. The van der Waals surface area contributed by atoms with Crippen LogP contribution in [0.3, 0.4) is 0 Å². The summed E-state index contributed by atoms with van der Waals surface area (Å²) in [4.78, 5) is 3.90. The standard InChI is InChI=1S/C20H17F3N2O3/c1-18-7-8-19(2,28-18)14-13(18)16(26)25(17(14)27)12-6-9-24-15-10(12)4-3-5-11(15)20(21,22)23/h3-6,9,26-27H,7-8H2,1-2H3/t18-,19+. The predicted octanol–water partition coefficient (Wildman–Crippen LogP) is 4.71. The molecule has 2 N–H and O–H groups in total. The lowest BCUT2D eigenvalue weighted by atomic mass is 9.80. The average molecular weight is 390 g/mol. The van der Waals surface area contributed by atoms with Crippen molar-refractivity contribution in [2.24, 2.45) is 0 Å². The fourth-order valence-electron chi connectivity index (χ4n) is 4.79. The number of alkyl halides is 3. The molecule has 5 nitrogen and oxygen atoms in total. The molecule has 1 saturated heterocycles. The molecule has 146 valence electrons. The van der Waals surface area contributed by atoms with Crippen molar-refractivity contribution in [3.63, 3.8) is 0 Å². The molecule has 0 saturated carbocycles. The lowest BCUT2D eigenvalue weighted by molar-refractivity contribution is -0.136. The van der Waals surface area contributed by atoms with Crippen LogP contribution >= 0.6 is 0 Å². The molecule has 3 aromatic rings. The highest BCUT2D eigenvalue weighted by Crippen LogP contribution is 2.64. The molecule has 8 heteroatoms. The zero-order valence-electron chi connectivity index (χ0n) is 15.1. The normalized spacial score (nSPS) is 26.2. The second kappa shape index (κ2) is 5.00. The van der Waals surface area contributed by atoms with Crippen LogP contribution in [0.1, 0.15) is 43.4 Å². The van der Waals surface area contributed by atoms with Gasteiger partial charge in [0, 0.05) is 11.6 Å². The first-order chi connectivity index (χ1) is 13.1. The average Bonchev–Trinajstić information content (AvgIpc) is 3.17. The molecule has 0 unspecified atom stereocenters. The molecule has 0 aliphatic carbocycles. The largest absolute Gasteiger partial charge is 0.494 e. The van der Waals surface area contributed by atoms with Crippen LogP contribution < -0.4 is 0 Å². The summed E-state index contributed by atoms with van der Waals surface area (Å²) in [5.74, 6) is -0.438. The Labute approximate surface area is 158 Å². The van der Waals surface area contributed by atoms with Crippen LogP contribution in [0.2, 0.25) is 0 Å². The van der Waals surface area contributed by atoms with Gasteiger partial charge in [-0.15, -0.1) is 0 Å². The summed E-state index contributed by atoms with van der Waals surface area (Å²) in [6, 6.07) is 5.22. The van der Waals surface area contributed by atoms with Gasteiger partial charge < -0.3 is 14.9 Å². The quantitative estimate of drug-likeness (QED) is 0.632. The van der Waals surface area contributed by atoms with E-state index < -0.39 is 22.9 Å². The number of fused-ring (bicyclic) bond motifs is 6. The van der Waals surface area contributed by atoms with E-state index in [0.717, 1.165) is 6.07 Å². The van der Waals surface area contributed by atoms with Crippen molar-refractivity contribution in [3.05, 3.63) is 47.2 Å². The lowest BCUT2D eigenvalue weighted by Crippen LogP contribution is -2.17. The molecule has 1 fully saturated rings. The molecule has 2 aliphatic rings. The van der Waals surface area contributed by atoms with Gasteiger partial charge >= 0.3 is 6.18 Å². The number of para-hydroxylation sites is 1. The van der Waals surface area contributed by atoms with E-state index in [1.165, 1.54) is 29.0 Å². The van der Waals surface area contributed by atoms with Crippen molar-refractivity contribution < 1.29 is 28.1 Å². The van der Waals surface area contributed by atoms with Gasteiger partial charge in [-0.3, -0.25) is 9.55 Å². The lowest BCUT2D eigenvalue weighted by Gasteiger charge is -2.21. The third-order valence-corrected chi connectivity index (χ3v) is 6.00. The molecule has 2 aliphatic heterocycles. The van der Waals surface area contributed by atoms with Crippen LogP contribution in [0.5, 0.6) is 11.8 Å². The second-order valence-corrected chi connectivity index (χ2v) is 7.83. The molecule has 28 heavy (non-hydrogen) atoms. The fraction of sp³-hybridized carbons (Fsp3) is 0.350. The first-order valence-electron chi connectivity index (χ1n) is 8.90. The van der Waals surface area contributed by atoms with Crippen LogP contribution in [0.4, 0.5) is 13.2 Å². The van der Waals surface area contributed by atoms with Crippen molar-refractivity contribution in [1.29, 1.82) is 0 Å². The van der Waals surface area contributed by atoms with Gasteiger partial charge in [-0.25, -0.2) is 0 Å². The zero-order chi connectivity index (χ0) is 20.1. The van der Waals surface area contributed by atoms with E-state index >= 15 is 0 Å². The van der Waals surface area contributed by atoms with Crippen molar-refractivity contribution in [3.8, 4) is 17.4 Å². The molecule has 5 rings (SSSR count). The Bertz CT molecular complexity index is 1110. The van der Waals surface area contributed by atoms with E-state index in [9.17, 15) is 23.4 Å². The number of aromatic hydroxyl groups is 2.